The molecule has 28 heavy (non-hydrogen) atoms. The van der Waals surface area contributed by atoms with E-state index >= 15 is 0 Å². The lowest BCUT2D eigenvalue weighted by atomic mass is 9.99. The molecule has 150 valence electrons. The van der Waals surface area contributed by atoms with Crippen LogP contribution in [-0.4, -0.2) is 42.8 Å². The van der Waals surface area contributed by atoms with Crippen LogP contribution in [0.4, 0.5) is 4.79 Å². The summed E-state index contributed by atoms with van der Waals surface area (Å²) in [6.07, 6.45) is 4.31. The normalized spacial score (nSPS) is 21.8. The monoisotopic (exact) mass is 400 g/mol. The topological polar surface area (TPSA) is 41.6 Å². The van der Waals surface area contributed by atoms with Crippen LogP contribution in [-0.2, 0) is 17.6 Å². The maximum absolute atomic E-state index is 11.1. The molecule has 0 radical (unpaired) electrons. The largest absolute Gasteiger partial charge is 0.447 e. The molecule has 0 spiro atoms. The van der Waals surface area contributed by atoms with Gasteiger partial charge in [0.2, 0.25) is 0 Å². The fourth-order valence-corrected chi connectivity index (χ4v) is 4.12. The van der Waals surface area contributed by atoms with Gasteiger partial charge in [0.05, 0.1) is 6.04 Å². The molecule has 4 nitrogen and oxygen atoms in total. The Bertz CT molecular complexity index is 776. The summed E-state index contributed by atoms with van der Waals surface area (Å²) in [7, 11) is 0. The van der Waals surface area contributed by atoms with Crippen LogP contribution in [0.3, 0.4) is 0 Å². The summed E-state index contributed by atoms with van der Waals surface area (Å²) < 4.78 is 4.95. The SMILES string of the molecule is CC1CCCN1CCc1ccc(-c2ccc(CC3COC(=O)N3)cc2)cc1.Cl. The minimum atomic E-state index is -0.309. The van der Waals surface area contributed by atoms with Crippen molar-refractivity contribution in [2.45, 2.75) is 44.7 Å². The van der Waals surface area contributed by atoms with Crippen LogP contribution < -0.4 is 5.32 Å². The Hall–Kier alpha value is -2.04. The van der Waals surface area contributed by atoms with Crippen molar-refractivity contribution in [2.24, 2.45) is 0 Å². The summed E-state index contributed by atoms with van der Waals surface area (Å²) in [4.78, 5) is 13.7. The van der Waals surface area contributed by atoms with E-state index in [4.69, 9.17) is 4.74 Å². The Morgan fingerprint density at radius 2 is 1.68 bits per heavy atom. The zero-order valence-electron chi connectivity index (χ0n) is 16.4. The van der Waals surface area contributed by atoms with Crippen LogP contribution in [0.1, 0.15) is 30.9 Å². The van der Waals surface area contributed by atoms with Crippen LogP contribution in [0.25, 0.3) is 11.1 Å². The first-order valence-electron chi connectivity index (χ1n) is 10.0. The minimum absolute atomic E-state index is 0. The molecule has 0 aromatic heterocycles. The quantitative estimate of drug-likeness (QED) is 0.778. The number of halogens is 1. The van der Waals surface area contributed by atoms with Gasteiger partial charge < -0.3 is 15.0 Å². The number of rotatable bonds is 6. The Morgan fingerprint density at radius 3 is 2.21 bits per heavy atom. The minimum Gasteiger partial charge on any atom is -0.447 e. The summed E-state index contributed by atoms with van der Waals surface area (Å²) in [5.41, 5.74) is 5.10. The fourth-order valence-electron chi connectivity index (χ4n) is 4.12. The van der Waals surface area contributed by atoms with Crippen LogP contribution in [0.2, 0.25) is 0 Å². The van der Waals surface area contributed by atoms with Crippen LogP contribution in [0, 0.1) is 0 Å². The summed E-state index contributed by atoms with van der Waals surface area (Å²) in [6, 6.07) is 18.4. The number of cyclic esters (lactones) is 1. The van der Waals surface area contributed by atoms with E-state index in [1.165, 1.54) is 41.6 Å². The van der Waals surface area contributed by atoms with Crippen molar-refractivity contribution in [1.82, 2.24) is 10.2 Å². The number of alkyl carbamates (subject to hydrolysis) is 1. The second kappa shape index (κ2) is 9.44. The maximum atomic E-state index is 11.1. The highest BCUT2D eigenvalue weighted by molar-refractivity contribution is 5.85. The number of carbonyl (C=O) groups is 1. The Labute approximate surface area is 173 Å². The lowest BCUT2D eigenvalue weighted by Crippen LogP contribution is -2.28. The van der Waals surface area contributed by atoms with E-state index in [9.17, 15) is 4.79 Å². The predicted molar refractivity (Wildman–Crippen MR) is 115 cm³/mol. The molecule has 1 amide bonds. The second-order valence-corrected chi connectivity index (χ2v) is 7.81. The van der Waals surface area contributed by atoms with Crippen molar-refractivity contribution in [3.63, 3.8) is 0 Å². The third-order valence-electron chi connectivity index (χ3n) is 5.84. The van der Waals surface area contributed by atoms with Gasteiger partial charge in [-0.3, -0.25) is 0 Å². The van der Waals surface area contributed by atoms with E-state index in [2.05, 4.69) is 65.7 Å². The maximum Gasteiger partial charge on any atom is 0.407 e. The molecule has 2 aromatic carbocycles. The fraction of sp³-hybridized carbons (Fsp3) is 0.435. The van der Waals surface area contributed by atoms with Crippen molar-refractivity contribution >= 4 is 18.5 Å². The molecule has 5 heteroatoms. The zero-order chi connectivity index (χ0) is 18.6. The average Bonchev–Trinajstić information content (AvgIpc) is 3.29. The molecule has 1 N–H and O–H groups in total. The van der Waals surface area contributed by atoms with Gasteiger partial charge >= 0.3 is 6.09 Å². The average molecular weight is 401 g/mol. The molecule has 2 aliphatic heterocycles. The smallest absolute Gasteiger partial charge is 0.407 e. The van der Waals surface area contributed by atoms with Gasteiger partial charge in [-0.2, -0.15) is 0 Å². The third-order valence-corrected chi connectivity index (χ3v) is 5.84. The first-order chi connectivity index (χ1) is 13.2. The molecular formula is C23H29ClN2O2. The molecule has 2 aromatic rings. The lowest BCUT2D eigenvalue weighted by molar-refractivity contribution is 0.177. The van der Waals surface area contributed by atoms with E-state index in [1.54, 1.807) is 0 Å². The van der Waals surface area contributed by atoms with Crippen molar-refractivity contribution in [3.05, 3.63) is 59.7 Å². The number of carbonyl (C=O) groups excluding carboxylic acids is 1. The number of nitrogens with one attached hydrogen (secondary N) is 1. The van der Waals surface area contributed by atoms with Crippen molar-refractivity contribution in [1.29, 1.82) is 0 Å². The molecule has 0 saturated carbocycles. The second-order valence-electron chi connectivity index (χ2n) is 7.81. The van der Waals surface area contributed by atoms with E-state index in [0.717, 1.165) is 25.4 Å². The van der Waals surface area contributed by atoms with E-state index in [0.29, 0.717) is 6.61 Å². The summed E-state index contributed by atoms with van der Waals surface area (Å²) >= 11 is 0. The first-order valence-corrected chi connectivity index (χ1v) is 10.0. The molecule has 2 fully saturated rings. The molecule has 2 unspecified atom stereocenters. The molecule has 2 heterocycles. The predicted octanol–water partition coefficient (Wildman–Crippen LogP) is 4.45. The molecular weight excluding hydrogens is 372 g/mol. The number of hydrogen-bond acceptors (Lipinski definition) is 3. The van der Waals surface area contributed by atoms with Gasteiger partial charge in [0.1, 0.15) is 6.61 Å². The van der Waals surface area contributed by atoms with Gasteiger partial charge in [-0.25, -0.2) is 4.79 Å². The van der Waals surface area contributed by atoms with Crippen LogP contribution in [0.15, 0.2) is 48.5 Å². The van der Waals surface area contributed by atoms with Gasteiger partial charge in [-0.15, -0.1) is 12.4 Å². The zero-order valence-corrected chi connectivity index (χ0v) is 17.2. The van der Waals surface area contributed by atoms with E-state index in [-0.39, 0.29) is 24.5 Å². The van der Waals surface area contributed by atoms with Gasteiger partial charge in [0.15, 0.2) is 0 Å². The van der Waals surface area contributed by atoms with Crippen molar-refractivity contribution in [3.8, 4) is 11.1 Å². The van der Waals surface area contributed by atoms with E-state index < -0.39 is 0 Å². The van der Waals surface area contributed by atoms with E-state index in [1.807, 2.05) is 0 Å². The van der Waals surface area contributed by atoms with Crippen LogP contribution in [0.5, 0.6) is 0 Å². The lowest BCUT2D eigenvalue weighted by Gasteiger charge is -2.20. The van der Waals surface area contributed by atoms with Gasteiger partial charge in [0.25, 0.3) is 0 Å². The number of hydrogen-bond donors (Lipinski definition) is 1. The van der Waals surface area contributed by atoms with Crippen molar-refractivity contribution < 1.29 is 9.53 Å². The molecule has 0 bridgehead atoms. The molecule has 2 aliphatic rings. The first kappa shape index (κ1) is 20.7. The molecule has 2 saturated heterocycles. The Balaban J connectivity index is 0.00000225. The summed E-state index contributed by atoms with van der Waals surface area (Å²) in [5, 5.41) is 2.83. The number of likely N-dealkylation sites (tertiary alicyclic amines) is 1. The van der Waals surface area contributed by atoms with Gasteiger partial charge in [-0.1, -0.05) is 48.5 Å². The van der Waals surface area contributed by atoms with Gasteiger partial charge in [0, 0.05) is 12.6 Å². The highest BCUT2D eigenvalue weighted by Crippen LogP contribution is 2.22. The number of ether oxygens (including phenoxy) is 1. The number of amides is 1. The summed E-state index contributed by atoms with van der Waals surface area (Å²) in [5.74, 6) is 0. The van der Waals surface area contributed by atoms with Crippen LogP contribution >= 0.6 is 12.4 Å². The third kappa shape index (κ3) is 5.06. The molecule has 0 aliphatic carbocycles. The highest BCUT2D eigenvalue weighted by atomic mass is 35.5. The Kier molecular flexibility index (Phi) is 6.97. The molecule has 2 atom stereocenters. The number of nitrogens with zero attached hydrogens (tertiary/aromatic N) is 1. The van der Waals surface area contributed by atoms with Gasteiger partial charge in [-0.05, 0) is 61.4 Å². The van der Waals surface area contributed by atoms with Crippen molar-refractivity contribution in [2.75, 3.05) is 19.7 Å². The standard InChI is InChI=1S/C23H28N2O2.ClH/c1-17-3-2-13-25(17)14-12-18-4-8-20(9-5-18)21-10-6-19(7-11-21)15-22-16-27-23(26)24-22;/h4-11,17,22H,2-3,12-16H2,1H3,(H,24,26);1H. The molecule has 4 rings (SSSR count). The Morgan fingerprint density at radius 1 is 1.04 bits per heavy atom. The summed E-state index contributed by atoms with van der Waals surface area (Å²) in [6.45, 7) is 5.21. The number of benzene rings is 2. The highest BCUT2D eigenvalue weighted by Gasteiger charge is 2.22.